The Morgan fingerprint density at radius 2 is 1.60 bits per heavy atom. The second kappa shape index (κ2) is 27.5. The van der Waals surface area contributed by atoms with Gasteiger partial charge >= 0.3 is 0 Å². The van der Waals surface area contributed by atoms with Crippen LogP contribution in [-0.4, -0.2) is 6.47 Å². The smallest absolute Gasteiger partial charge is 0.0275 e. The second-order valence-corrected chi connectivity index (χ2v) is 0.0962. The van der Waals surface area contributed by atoms with E-state index in [9.17, 15) is 0 Å². The Balaban J connectivity index is -0.0000000200. The van der Waals surface area contributed by atoms with Gasteiger partial charge in [-0.05, 0) is 0 Å². The number of carboxylic acid groups (broad SMARTS) is 1. The first kappa shape index (κ1) is 18.5. The minimum Gasteiger partial charge on any atom is -0.554 e. The van der Waals surface area contributed by atoms with Crippen molar-refractivity contribution in [1.29, 1.82) is 0 Å². The summed E-state index contributed by atoms with van der Waals surface area (Å²) in [5.41, 5.74) is 0. The molecule has 5 heavy (non-hydrogen) atoms. The van der Waals surface area contributed by atoms with Crippen molar-refractivity contribution in [3.05, 3.63) is 0 Å². The molecule has 0 saturated carbocycles. The molecule has 0 aromatic carbocycles. The van der Waals surface area contributed by atoms with Crippen LogP contribution in [0.2, 0.25) is 0 Å². The Hall–Kier alpha value is 0.313. The van der Waals surface area contributed by atoms with Crippen molar-refractivity contribution in [2.45, 2.75) is 0 Å². The van der Waals surface area contributed by atoms with Crippen LogP contribution in [0.25, 0.3) is 0 Å². The maximum absolute atomic E-state index is 8.25. The van der Waals surface area contributed by atoms with Crippen LogP contribution in [0, 0.1) is 0 Å². The first-order chi connectivity index (χ1) is 1.41. The summed E-state index contributed by atoms with van der Waals surface area (Å²) >= 11 is 0. The summed E-state index contributed by atoms with van der Waals surface area (Å²) in [5.74, 6) is 0. The summed E-state index contributed by atoms with van der Waals surface area (Å²) in [6, 6.07) is 0. The van der Waals surface area contributed by atoms with E-state index in [1.54, 1.807) is 0 Å². The summed E-state index contributed by atoms with van der Waals surface area (Å²) < 4.78 is 0. The van der Waals surface area contributed by atoms with Crippen LogP contribution in [0.4, 0.5) is 0 Å². The molecule has 0 unspecified atom stereocenters. The standard InChI is InChI=1S/CH2O2.H3N.Zr/c2-1-3;;/h1H,(H,2,3);1H3;. The SMILES string of the molecule is O=C[O-].[NH4+].[Zr]. The molecule has 30 valence electrons. The summed E-state index contributed by atoms with van der Waals surface area (Å²) in [7, 11) is 0. The van der Waals surface area contributed by atoms with E-state index in [0.717, 1.165) is 0 Å². The molecule has 0 bridgehead atoms. The molecular formula is CH5NO2Zr. The van der Waals surface area contributed by atoms with E-state index in [0.29, 0.717) is 0 Å². The molecule has 0 rings (SSSR count). The average Bonchev–Trinajstić information content (AvgIpc) is 0.918. The second-order valence-electron chi connectivity index (χ2n) is 0.0962. The number of hydrogen-bond acceptors (Lipinski definition) is 2. The van der Waals surface area contributed by atoms with Crippen LogP contribution in [0.1, 0.15) is 0 Å². The van der Waals surface area contributed by atoms with Crippen LogP contribution in [0.5, 0.6) is 0 Å². The average molecular weight is 154 g/mol. The van der Waals surface area contributed by atoms with Gasteiger partial charge in [0.25, 0.3) is 0 Å². The summed E-state index contributed by atoms with van der Waals surface area (Å²) in [4.78, 5) is 8.25. The number of quaternary nitrogens is 1. The van der Waals surface area contributed by atoms with Gasteiger partial charge < -0.3 is 16.1 Å². The number of rotatable bonds is 0. The van der Waals surface area contributed by atoms with Crippen LogP contribution < -0.4 is 11.3 Å². The molecule has 0 aliphatic heterocycles. The zero-order chi connectivity index (χ0) is 2.71. The molecular weight excluding hydrogens is 149 g/mol. The van der Waals surface area contributed by atoms with E-state index in [-0.39, 0.29) is 32.4 Å². The van der Waals surface area contributed by atoms with E-state index in [1.165, 1.54) is 0 Å². The van der Waals surface area contributed by atoms with Crippen molar-refractivity contribution in [3.63, 3.8) is 0 Å². The molecule has 0 aromatic heterocycles. The van der Waals surface area contributed by atoms with Crippen LogP contribution in [0.3, 0.4) is 0 Å². The monoisotopic (exact) mass is 153 g/mol. The Labute approximate surface area is 49.1 Å². The number of hydrogen-bond donors (Lipinski definition) is 1. The van der Waals surface area contributed by atoms with E-state index in [4.69, 9.17) is 9.90 Å². The van der Waals surface area contributed by atoms with E-state index < -0.39 is 6.47 Å². The third-order valence-electron chi connectivity index (χ3n) is 0. The van der Waals surface area contributed by atoms with Gasteiger partial charge in [-0.1, -0.05) is 0 Å². The van der Waals surface area contributed by atoms with E-state index >= 15 is 0 Å². The Morgan fingerprint density at radius 3 is 1.60 bits per heavy atom. The number of carbonyl (C=O) groups is 1. The van der Waals surface area contributed by atoms with Crippen molar-refractivity contribution in [3.8, 4) is 0 Å². The van der Waals surface area contributed by atoms with Crippen molar-refractivity contribution in [2.75, 3.05) is 0 Å². The predicted molar refractivity (Wildman–Crippen MR) is 12.0 cm³/mol. The Kier molecular flexibility index (Phi) is 101. The van der Waals surface area contributed by atoms with Gasteiger partial charge in [0.15, 0.2) is 0 Å². The van der Waals surface area contributed by atoms with Crippen molar-refractivity contribution in [2.24, 2.45) is 0 Å². The molecule has 0 heterocycles. The minimum atomic E-state index is -0.500. The molecule has 4 heteroatoms. The van der Waals surface area contributed by atoms with Gasteiger partial charge in [0.2, 0.25) is 0 Å². The Morgan fingerprint density at radius 1 is 1.60 bits per heavy atom. The van der Waals surface area contributed by atoms with E-state index in [2.05, 4.69) is 0 Å². The normalized spacial score (nSPS) is 2.40. The molecule has 0 amide bonds. The predicted octanol–water partition coefficient (Wildman–Crippen LogP) is -1.26. The van der Waals surface area contributed by atoms with Crippen LogP contribution in [0.15, 0.2) is 0 Å². The fourth-order valence-electron chi connectivity index (χ4n) is 0. The van der Waals surface area contributed by atoms with Crippen LogP contribution >= 0.6 is 0 Å². The molecule has 0 fully saturated rings. The quantitative estimate of drug-likeness (QED) is 0.442. The van der Waals surface area contributed by atoms with Gasteiger partial charge in [0, 0.05) is 32.7 Å². The van der Waals surface area contributed by atoms with Gasteiger partial charge in [-0.3, -0.25) is 0 Å². The minimum absolute atomic E-state index is 0. The zero-order valence-electron chi connectivity index (χ0n) is 2.89. The van der Waals surface area contributed by atoms with Crippen molar-refractivity contribution < 1.29 is 36.1 Å². The van der Waals surface area contributed by atoms with E-state index in [1.807, 2.05) is 0 Å². The number of carbonyl (C=O) groups excluding carboxylic acids is 1. The topological polar surface area (TPSA) is 76.6 Å². The first-order valence-corrected chi connectivity index (χ1v) is 0.471. The van der Waals surface area contributed by atoms with Crippen molar-refractivity contribution in [1.82, 2.24) is 6.15 Å². The van der Waals surface area contributed by atoms with Gasteiger partial charge in [-0.25, -0.2) is 0 Å². The van der Waals surface area contributed by atoms with Crippen molar-refractivity contribution >= 4 is 6.47 Å². The maximum Gasteiger partial charge on any atom is 0.0275 e. The third kappa shape index (κ3) is 235. The molecule has 0 radical (unpaired) electrons. The molecule has 0 spiro atoms. The molecule has 3 nitrogen and oxygen atoms in total. The molecule has 0 aromatic rings. The van der Waals surface area contributed by atoms with Gasteiger partial charge in [-0.2, -0.15) is 0 Å². The fourth-order valence-corrected chi connectivity index (χ4v) is 0. The summed E-state index contributed by atoms with van der Waals surface area (Å²) in [5, 5.41) is 8.25. The maximum atomic E-state index is 8.25. The third-order valence-corrected chi connectivity index (χ3v) is 0. The first-order valence-electron chi connectivity index (χ1n) is 0.471. The summed E-state index contributed by atoms with van der Waals surface area (Å²) in [6.45, 7) is -0.500. The van der Waals surface area contributed by atoms with Gasteiger partial charge in [0.1, 0.15) is 0 Å². The van der Waals surface area contributed by atoms with Gasteiger partial charge in [0.05, 0.1) is 0 Å². The van der Waals surface area contributed by atoms with Crippen LogP contribution in [-0.2, 0) is 31.0 Å². The molecule has 0 aliphatic carbocycles. The van der Waals surface area contributed by atoms with Gasteiger partial charge in [-0.15, -0.1) is 0 Å². The fraction of sp³-hybridized carbons (Fsp3) is 0. The Bertz CT molecular complexity index is 17.1. The molecule has 0 aliphatic rings. The zero-order valence-corrected chi connectivity index (χ0v) is 5.35. The summed E-state index contributed by atoms with van der Waals surface area (Å²) in [6.07, 6.45) is 0. The molecule has 0 atom stereocenters. The largest absolute Gasteiger partial charge is 0.554 e. The molecule has 0 saturated heterocycles. The molecule has 4 N–H and O–H groups in total.